The lowest BCUT2D eigenvalue weighted by atomic mass is 9.91. The van der Waals surface area contributed by atoms with Crippen molar-refractivity contribution in [2.75, 3.05) is 13.1 Å². The summed E-state index contributed by atoms with van der Waals surface area (Å²) in [6.45, 7) is 6.21. The zero-order valence-corrected chi connectivity index (χ0v) is 11.7. The topological polar surface area (TPSA) is 66.8 Å². The largest absolute Gasteiger partial charge is 0.481 e. The number of aliphatic carboxylic acids is 1. The molecule has 1 heterocycles. The number of nitrogens with zero attached hydrogens (tertiary/aromatic N) is 1. The zero-order valence-electron chi connectivity index (χ0n) is 11.7. The van der Waals surface area contributed by atoms with E-state index in [4.69, 9.17) is 9.84 Å². The first-order valence-corrected chi connectivity index (χ1v) is 6.53. The van der Waals surface area contributed by atoms with Crippen molar-refractivity contribution < 1.29 is 23.8 Å². The highest BCUT2D eigenvalue weighted by Crippen LogP contribution is 2.25. The maximum atomic E-state index is 13.6. The maximum Gasteiger partial charge on any atom is 0.410 e. The van der Waals surface area contributed by atoms with E-state index in [1.807, 2.05) is 0 Å². The minimum absolute atomic E-state index is 0.283. The quantitative estimate of drug-likeness (QED) is 0.859. The van der Waals surface area contributed by atoms with Crippen LogP contribution in [0.5, 0.6) is 0 Å². The summed E-state index contributed by atoms with van der Waals surface area (Å²) in [6.07, 6.45) is -1.23. The number of hydrogen-bond donors (Lipinski definition) is 1. The Balaban J connectivity index is 2.40. The number of amides is 1. The minimum atomic E-state index is -1.33. The molecule has 1 rings (SSSR count). The first-order valence-electron chi connectivity index (χ1n) is 6.53. The van der Waals surface area contributed by atoms with Gasteiger partial charge in [-0.1, -0.05) is 0 Å². The molecule has 0 aromatic rings. The van der Waals surface area contributed by atoms with Crippen LogP contribution in [-0.4, -0.2) is 46.9 Å². The minimum Gasteiger partial charge on any atom is -0.481 e. The monoisotopic (exact) mass is 275 g/mol. The Morgan fingerprint density at radius 1 is 1.37 bits per heavy atom. The summed E-state index contributed by atoms with van der Waals surface area (Å²) in [6, 6.07) is 0. The van der Waals surface area contributed by atoms with Gasteiger partial charge >= 0.3 is 12.1 Å². The predicted octanol–water partition coefficient (Wildman–Crippen LogP) is 2.45. The van der Waals surface area contributed by atoms with Gasteiger partial charge in [-0.25, -0.2) is 9.18 Å². The molecule has 0 aromatic carbocycles. The molecule has 0 radical (unpaired) electrons. The fraction of sp³-hybridized carbons (Fsp3) is 0.846. The van der Waals surface area contributed by atoms with E-state index in [-0.39, 0.29) is 12.0 Å². The van der Waals surface area contributed by atoms with E-state index in [1.54, 1.807) is 25.7 Å². The number of halogens is 1. The summed E-state index contributed by atoms with van der Waals surface area (Å²) in [5.41, 5.74) is -0.542. The number of hydrogen-bond acceptors (Lipinski definition) is 3. The summed E-state index contributed by atoms with van der Waals surface area (Å²) in [7, 11) is 0. The van der Waals surface area contributed by atoms with Gasteiger partial charge in [0.15, 0.2) is 0 Å². The molecule has 0 spiro atoms. The first-order chi connectivity index (χ1) is 8.69. The molecule has 1 aliphatic heterocycles. The lowest BCUT2D eigenvalue weighted by molar-refractivity contribution is -0.139. The van der Waals surface area contributed by atoms with Crippen molar-refractivity contribution in [1.29, 1.82) is 0 Å². The average molecular weight is 275 g/mol. The third-order valence-electron chi connectivity index (χ3n) is 3.07. The fourth-order valence-electron chi connectivity index (χ4n) is 2.10. The average Bonchev–Trinajstić information content (AvgIpc) is 2.26. The molecule has 1 amide bonds. The third kappa shape index (κ3) is 5.44. The SMILES string of the molecule is CC(C)(C)OC(=O)N1CCC(C(F)CC(=O)O)CC1. The maximum absolute atomic E-state index is 13.6. The Hall–Kier alpha value is -1.33. The Labute approximate surface area is 112 Å². The Morgan fingerprint density at radius 3 is 2.32 bits per heavy atom. The Bertz CT molecular complexity index is 332. The van der Waals surface area contributed by atoms with E-state index in [0.29, 0.717) is 25.9 Å². The smallest absolute Gasteiger partial charge is 0.410 e. The lowest BCUT2D eigenvalue weighted by Crippen LogP contribution is -2.43. The molecule has 1 unspecified atom stereocenters. The van der Waals surface area contributed by atoms with E-state index in [0.717, 1.165) is 0 Å². The van der Waals surface area contributed by atoms with Gasteiger partial charge in [-0.15, -0.1) is 0 Å². The number of ether oxygens (including phenoxy) is 1. The van der Waals surface area contributed by atoms with Crippen molar-refractivity contribution in [3.8, 4) is 0 Å². The summed E-state index contributed by atoms with van der Waals surface area (Å²) in [4.78, 5) is 23.8. The third-order valence-corrected chi connectivity index (χ3v) is 3.07. The number of piperidine rings is 1. The van der Waals surface area contributed by atoms with Crippen LogP contribution < -0.4 is 0 Å². The van der Waals surface area contributed by atoms with Gasteiger partial charge in [-0.05, 0) is 39.5 Å². The van der Waals surface area contributed by atoms with Crippen LogP contribution in [0, 0.1) is 5.92 Å². The van der Waals surface area contributed by atoms with Crippen molar-refractivity contribution in [2.24, 2.45) is 5.92 Å². The highest BCUT2D eigenvalue weighted by atomic mass is 19.1. The van der Waals surface area contributed by atoms with Crippen LogP contribution in [0.4, 0.5) is 9.18 Å². The molecule has 1 atom stereocenters. The van der Waals surface area contributed by atoms with Gasteiger partial charge in [0, 0.05) is 13.1 Å². The molecular formula is C13H22FNO4. The number of carbonyl (C=O) groups is 2. The van der Waals surface area contributed by atoms with Crippen LogP contribution in [0.25, 0.3) is 0 Å². The molecule has 19 heavy (non-hydrogen) atoms. The van der Waals surface area contributed by atoms with Crippen molar-refractivity contribution in [1.82, 2.24) is 4.90 Å². The second-order valence-electron chi connectivity index (χ2n) is 5.92. The van der Waals surface area contributed by atoms with E-state index >= 15 is 0 Å². The summed E-state index contributed by atoms with van der Waals surface area (Å²) in [5.74, 6) is -1.41. The molecule has 0 aromatic heterocycles. The van der Waals surface area contributed by atoms with Gasteiger partial charge in [-0.3, -0.25) is 4.79 Å². The first kappa shape index (κ1) is 15.7. The second-order valence-corrected chi connectivity index (χ2v) is 5.92. The standard InChI is InChI=1S/C13H22FNO4/c1-13(2,3)19-12(18)15-6-4-9(5-7-15)10(14)8-11(16)17/h9-10H,4-8H2,1-3H3,(H,16,17). The van der Waals surface area contributed by atoms with Crippen LogP contribution >= 0.6 is 0 Å². The highest BCUT2D eigenvalue weighted by Gasteiger charge is 2.31. The number of likely N-dealkylation sites (tertiary alicyclic amines) is 1. The van der Waals surface area contributed by atoms with E-state index in [2.05, 4.69) is 0 Å². The van der Waals surface area contributed by atoms with Crippen LogP contribution in [-0.2, 0) is 9.53 Å². The summed E-state index contributed by atoms with van der Waals surface area (Å²) < 4.78 is 18.9. The van der Waals surface area contributed by atoms with Gasteiger partial charge < -0.3 is 14.7 Å². The summed E-state index contributed by atoms with van der Waals surface area (Å²) in [5, 5.41) is 8.56. The molecule has 0 saturated carbocycles. The highest BCUT2D eigenvalue weighted by molar-refractivity contribution is 5.68. The molecule has 0 aliphatic carbocycles. The van der Waals surface area contributed by atoms with Crippen molar-refractivity contribution in [3.05, 3.63) is 0 Å². The fourth-order valence-corrected chi connectivity index (χ4v) is 2.10. The number of alkyl halides is 1. The van der Waals surface area contributed by atoms with Crippen LogP contribution in [0.2, 0.25) is 0 Å². The molecule has 0 bridgehead atoms. The molecule has 1 saturated heterocycles. The normalized spacial score (nSPS) is 19.1. The number of carbonyl (C=O) groups excluding carboxylic acids is 1. The number of rotatable bonds is 3. The van der Waals surface area contributed by atoms with Gasteiger partial charge in [-0.2, -0.15) is 0 Å². The summed E-state index contributed by atoms with van der Waals surface area (Å²) >= 11 is 0. The van der Waals surface area contributed by atoms with Gasteiger partial charge in [0.25, 0.3) is 0 Å². The van der Waals surface area contributed by atoms with E-state index < -0.39 is 24.2 Å². The Kier molecular flexibility index (Phi) is 5.14. The van der Waals surface area contributed by atoms with E-state index in [1.165, 1.54) is 0 Å². The molecule has 5 nitrogen and oxygen atoms in total. The van der Waals surface area contributed by atoms with Crippen LogP contribution in [0.3, 0.4) is 0 Å². The Morgan fingerprint density at radius 2 is 1.89 bits per heavy atom. The predicted molar refractivity (Wildman–Crippen MR) is 67.7 cm³/mol. The molecular weight excluding hydrogens is 253 g/mol. The van der Waals surface area contributed by atoms with Crippen molar-refractivity contribution in [3.63, 3.8) is 0 Å². The van der Waals surface area contributed by atoms with Crippen LogP contribution in [0.1, 0.15) is 40.0 Å². The molecule has 1 aliphatic rings. The van der Waals surface area contributed by atoms with Crippen molar-refractivity contribution >= 4 is 12.1 Å². The van der Waals surface area contributed by atoms with Gasteiger partial charge in [0.2, 0.25) is 0 Å². The van der Waals surface area contributed by atoms with Crippen LogP contribution in [0.15, 0.2) is 0 Å². The van der Waals surface area contributed by atoms with E-state index in [9.17, 15) is 14.0 Å². The lowest BCUT2D eigenvalue weighted by Gasteiger charge is -2.34. The molecule has 110 valence electrons. The molecule has 6 heteroatoms. The number of carboxylic acid groups (broad SMARTS) is 1. The molecule has 1 N–H and O–H groups in total. The zero-order chi connectivity index (χ0) is 14.6. The number of carboxylic acids is 1. The van der Waals surface area contributed by atoms with Gasteiger partial charge in [0.1, 0.15) is 11.8 Å². The van der Waals surface area contributed by atoms with Gasteiger partial charge in [0.05, 0.1) is 6.42 Å². The second kappa shape index (κ2) is 6.21. The molecule has 1 fully saturated rings. The van der Waals surface area contributed by atoms with Crippen molar-refractivity contribution in [2.45, 2.75) is 51.8 Å².